The van der Waals surface area contributed by atoms with Gasteiger partial charge in [0, 0.05) is 36.1 Å². The standard InChI is InChI=1S/C26H35Cl2N3O4S/c1-5-6-16-29-26(33)20(3)30(18-21-11-7-8-12-23(21)28)25(32)15-10-17-31(36(4,34)35)24-14-9-13-22(27)19(24)2/h7-9,11-14,20H,5-6,10,15-18H2,1-4H3,(H,29,33)/t20-/m1/s1. The van der Waals surface area contributed by atoms with E-state index >= 15 is 0 Å². The number of unbranched alkanes of at least 4 members (excludes halogenated alkanes) is 1. The number of hydrogen-bond donors (Lipinski definition) is 1. The Balaban J connectivity index is 2.19. The maximum Gasteiger partial charge on any atom is 0.242 e. The fourth-order valence-electron chi connectivity index (χ4n) is 3.78. The van der Waals surface area contributed by atoms with E-state index in [0.717, 1.165) is 24.7 Å². The van der Waals surface area contributed by atoms with Crippen molar-refractivity contribution < 1.29 is 18.0 Å². The second-order valence-electron chi connectivity index (χ2n) is 8.76. The Morgan fingerprint density at radius 2 is 1.69 bits per heavy atom. The monoisotopic (exact) mass is 555 g/mol. The van der Waals surface area contributed by atoms with Crippen LogP contribution in [0.2, 0.25) is 10.0 Å². The number of carbonyl (C=O) groups excluding carboxylic acids is 2. The number of nitrogens with one attached hydrogen (secondary N) is 1. The summed E-state index contributed by atoms with van der Waals surface area (Å²) in [6.07, 6.45) is 3.24. The van der Waals surface area contributed by atoms with E-state index in [-0.39, 0.29) is 37.7 Å². The van der Waals surface area contributed by atoms with Crippen LogP contribution in [0.1, 0.15) is 50.7 Å². The maximum atomic E-state index is 13.3. The first kappa shape index (κ1) is 29.9. The van der Waals surface area contributed by atoms with Crippen molar-refractivity contribution in [2.75, 3.05) is 23.7 Å². The quantitative estimate of drug-likeness (QED) is 0.345. The molecule has 2 rings (SSSR count). The van der Waals surface area contributed by atoms with Gasteiger partial charge in [0.2, 0.25) is 21.8 Å². The molecule has 7 nitrogen and oxygen atoms in total. The van der Waals surface area contributed by atoms with Crippen molar-refractivity contribution >= 4 is 50.7 Å². The molecule has 0 radical (unpaired) electrons. The number of halogens is 2. The normalized spacial score (nSPS) is 12.2. The van der Waals surface area contributed by atoms with E-state index in [4.69, 9.17) is 23.2 Å². The van der Waals surface area contributed by atoms with Gasteiger partial charge in [-0.15, -0.1) is 0 Å². The maximum absolute atomic E-state index is 13.3. The van der Waals surface area contributed by atoms with Gasteiger partial charge in [-0.2, -0.15) is 0 Å². The Bertz CT molecular complexity index is 1160. The lowest BCUT2D eigenvalue weighted by atomic mass is 10.1. The zero-order chi connectivity index (χ0) is 26.9. The summed E-state index contributed by atoms with van der Waals surface area (Å²) in [6, 6.07) is 11.6. The van der Waals surface area contributed by atoms with Crippen LogP contribution in [0.4, 0.5) is 5.69 Å². The first-order valence-corrected chi connectivity index (χ1v) is 14.6. The molecule has 198 valence electrons. The van der Waals surface area contributed by atoms with E-state index in [1.54, 1.807) is 44.2 Å². The highest BCUT2D eigenvalue weighted by Gasteiger charge is 2.27. The zero-order valence-electron chi connectivity index (χ0n) is 21.3. The van der Waals surface area contributed by atoms with Crippen LogP contribution in [0.25, 0.3) is 0 Å². The van der Waals surface area contributed by atoms with Gasteiger partial charge in [0.05, 0.1) is 11.9 Å². The minimum Gasteiger partial charge on any atom is -0.354 e. The summed E-state index contributed by atoms with van der Waals surface area (Å²) in [5.74, 6) is -0.500. The summed E-state index contributed by atoms with van der Waals surface area (Å²) in [4.78, 5) is 27.6. The van der Waals surface area contributed by atoms with Gasteiger partial charge in [0.15, 0.2) is 0 Å². The van der Waals surface area contributed by atoms with Crippen LogP contribution in [0.5, 0.6) is 0 Å². The average Bonchev–Trinajstić information content (AvgIpc) is 2.82. The summed E-state index contributed by atoms with van der Waals surface area (Å²) >= 11 is 12.5. The summed E-state index contributed by atoms with van der Waals surface area (Å²) in [5, 5.41) is 3.85. The first-order chi connectivity index (χ1) is 17.0. The summed E-state index contributed by atoms with van der Waals surface area (Å²) in [7, 11) is -3.60. The molecule has 2 aromatic rings. The van der Waals surface area contributed by atoms with Crippen LogP contribution >= 0.6 is 23.2 Å². The molecule has 0 aliphatic heterocycles. The van der Waals surface area contributed by atoms with Crippen LogP contribution in [-0.2, 0) is 26.2 Å². The van der Waals surface area contributed by atoms with E-state index in [0.29, 0.717) is 27.8 Å². The number of anilines is 1. The van der Waals surface area contributed by atoms with E-state index in [1.807, 2.05) is 19.1 Å². The molecule has 1 atom stereocenters. The molecule has 2 aromatic carbocycles. The van der Waals surface area contributed by atoms with Gasteiger partial charge in [-0.05, 0) is 56.0 Å². The van der Waals surface area contributed by atoms with Gasteiger partial charge in [-0.25, -0.2) is 8.42 Å². The smallest absolute Gasteiger partial charge is 0.242 e. The summed E-state index contributed by atoms with van der Waals surface area (Å²) in [6.45, 7) is 6.29. The van der Waals surface area contributed by atoms with Crippen molar-refractivity contribution in [3.05, 3.63) is 63.6 Å². The van der Waals surface area contributed by atoms with Crippen LogP contribution in [0.15, 0.2) is 42.5 Å². The van der Waals surface area contributed by atoms with Gasteiger partial charge >= 0.3 is 0 Å². The topological polar surface area (TPSA) is 86.8 Å². The molecule has 0 heterocycles. The predicted octanol–water partition coefficient (Wildman–Crippen LogP) is 5.18. The molecule has 36 heavy (non-hydrogen) atoms. The fourth-order valence-corrected chi connectivity index (χ4v) is 5.16. The molecule has 0 aromatic heterocycles. The van der Waals surface area contributed by atoms with Gasteiger partial charge in [0.25, 0.3) is 0 Å². The number of nitrogens with zero attached hydrogens (tertiary/aromatic N) is 2. The third-order valence-corrected chi connectivity index (χ3v) is 7.91. The molecule has 10 heteroatoms. The minimum absolute atomic E-state index is 0.0582. The average molecular weight is 557 g/mol. The highest BCUT2D eigenvalue weighted by atomic mass is 35.5. The molecule has 1 N–H and O–H groups in total. The number of carbonyl (C=O) groups is 2. The minimum atomic E-state index is -3.60. The molecular formula is C26H35Cl2N3O4S. The highest BCUT2D eigenvalue weighted by molar-refractivity contribution is 7.92. The van der Waals surface area contributed by atoms with Crippen LogP contribution in [-0.4, -0.2) is 50.5 Å². The Kier molecular flexibility index (Phi) is 11.5. The molecular weight excluding hydrogens is 521 g/mol. The summed E-state index contributed by atoms with van der Waals surface area (Å²) in [5.41, 5.74) is 1.86. The Labute approximate surface area is 224 Å². The van der Waals surface area contributed by atoms with E-state index in [2.05, 4.69) is 5.32 Å². The van der Waals surface area contributed by atoms with Gasteiger partial charge in [-0.3, -0.25) is 13.9 Å². The fraction of sp³-hybridized carbons (Fsp3) is 0.462. The number of sulfonamides is 1. The van der Waals surface area contributed by atoms with Crippen molar-refractivity contribution in [3.8, 4) is 0 Å². The van der Waals surface area contributed by atoms with Gasteiger partial charge in [0.1, 0.15) is 6.04 Å². The Morgan fingerprint density at radius 3 is 2.33 bits per heavy atom. The van der Waals surface area contributed by atoms with Crippen LogP contribution in [0, 0.1) is 6.92 Å². The third-order valence-electron chi connectivity index (χ3n) is 5.96. The van der Waals surface area contributed by atoms with E-state index in [1.165, 1.54) is 9.21 Å². The second kappa shape index (κ2) is 13.9. The lowest BCUT2D eigenvalue weighted by molar-refractivity contribution is -0.140. The lowest BCUT2D eigenvalue weighted by Gasteiger charge is -2.30. The molecule has 0 saturated heterocycles. The molecule has 0 bridgehead atoms. The largest absolute Gasteiger partial charge is 0.354 e. The number of amides is 2. The zero-order valence-corrected chi connectivity index (χ0v) is 23.6. The van der Waals surface area contributed by atoms with Crippen molar-refractivity contribution in [1.29, 1.82) is 0 Å². The third kappa shape index (κ3) is 8.39. The van der Waals surface area contributed by atoms with Gasteiger partial charge < -0.3 is 10.2 Å². The van der Waals surface area contributed by atoms with Crippen LogP contribution < -0.4 is 9.62 Å². The molecule has 0 saturated carbocycles. The summed E-state index contributed by atoms with van der Waals surface area (Å²) < 4.78 is 26.3. The van der Waals surface area contributed by atoms with Crippen molar-refractivity contribution in [1.82, 2.24) is 10.2 Å². The van der Waals surface area contributed by atoms with E-state index < -0.39 is 16.1 Å². The SMILES string of the molecule is CCCCNC(=O)[C@@H](C)N(Cc1ccccc1Cl)C(=O)CCCN(c1cccc(Cl)c1C)S(C)(=O)=O. The molecule has 0 unspecified atom stereocenters. The van der Waals surface area contributed by atoms with Gasteiger partial charge in [-0.1, -0.05) is 60.8 Å². The number of rotatable bonds is 13. The molecule has 0 spiro atoms. The molecule has 2 amide bonds. The number of benzene rings is 2. The highest BCUT2D eigenvalue weighted by Crippen LogP contribution is 2.28. The van der Waals surface area contributed by atoms with Crippen LogP contribution in [0.3, 0.4) is 0 Å². The number of hydrogen-bond acceptors (Lipinski definition) is 4. The van der Waals surface area contributed by atoms with Crippen molar-refractivity contribution in [2.24, 2.45) is 0 Å². The van der Waals surface area contributed by atoms with E-state index in [9.17, 15) is 18.0 Å². The van der Waals surface area contributed by atoms with Crippen molar-refractivity contribution in [2.45, 2.75) is 59.0 Å². The Hall–Kier alpha value is -2.29. The Morgan fingerprint density at radius 1 is 1.03 bits per heavy atom. The predicted molar refractivity (Wildman–Crippen MR) is 147 cm³/mol. The lowest BCUT2D eigenvalue weighted by Crippen LogP contribution is -2.48. The first-order valence-electron chi connectivity index (χ1n) is 12.0. The molecule has 0 aliphatic carbocycles. The molecule has 0 fully saturated rings. The van der Waals surface area contributed by atoms with Crippen molar-refractivity contribution in [3.63, 3.8) is 0 Å². The second-order valence-corrected chi connectivity index (χ2v) is 11.5. The molecule has 0 aliphatic rings.